The van der Waals surface area contributed by atoms with Crippen LogP contribution in [0.25, 0.3) is 0 Å². The molecule has 0 radical (unpaired) electrons. The highest BCUT2D eigenvalue weighted by atomic mass is 79.9. The lowest BCUT2D eigenvalue weighted by Crippen LogP contribution is -2.25. The van der Waals surface area contributed by atoms with Gasteiger partial charge < -0.3 is 4.57 Å². The Balaban J connectivity index is 3.21. The van der Waals surface area contributed by atoms with Gasteiger partial charge in [-0.3, -0.25) is 9.93 Å². The van der Waals surface area contributed by atoms with Crippen LogP contribution < -0.4 is 10.7 Å². The summed E-state index contributed by atoms with van der Waals surface area (Å²) in [5, 5.41) is 5.76. The lowest BCUT2D eigenvalue weighted by atomic mass is 9.82. The van der Waals surface area contributed by atoms with Gasteiger partial charge in [-0.15, -0.1) is 0 Å². The summed E-state index contributed by atoms with van der Waals surface area (Å²) in [5.41, 5.74) is 1.11. The molecule has 0 spiro atoms. The summed E-state index contributed by atoms with van der Waals surface area (Å²) in [7, 11) is 1.76. The van der Waals surface area contributed by atoms with E-state index in [-0.39, 0.29) is 10.3 Å². The molecule has 1 aromatic heterocycles. The van der Waals surface area contributed by atoms with Crippen molar-refractivity contribution >= 4 is 27.9 Å². The van der Waals surface area contributed by atoms with Crippen LogP contribution in [0, 0.1) is 5.92 Å². The van der Waals surface area contributed by atoms with Gasteiger partial charge in [-0.25, -0.2) is 0 Å². The highest BCUT2D eigenvalue weighted by Crippen LogP contribution is 2.39. The van der Waals surface area contributed by atoms with Crippen LogP contribution in [0.5, 0.6) is 0 Å². The third kappa shape index (κ3) is 4.36. The van der Waals surface area contributed by atoms with Crippen molar-refractivity contribution in [3.63, 3.8) is 0 Å². The SMILES string of the molecule is CC(C)[C@H](CC(C)(C)SN)c1cc(=O)n(C)cc1Br. The van der Waals surface area contributed by atoms with Gasteiger partial charge in [0.25, 0.3) is 5.56 Å². The number of nitrogens with two attached hydrogens (primary N) is 1. The number of pyridine rings is 1. The molecule has 0 saturated carbocycles. The molecular formula is C14H23BrN2OS. The Morgan fingerprint density at radius 1 is 1.47 bits per heavy atom. The lowest BCUT2D eigenvalue weighted by molar-refractivity contribution is 0.425. The fraction of sp³-hybridized carbons (Fsp3) is 0.643. The summed E-state index contributed by atoms with van der Waals surface area (Å²) >= 11 is 4.96. The third-order valence-electron chi connectivity index (χ3n) is 3.44. The maximum atomic E-state index is 11.9. The van der Waals surface area contributed by atoms with E-state index in [1.807, 2.05) is 6.20 Å². The zero-order valence-corrected chi connectivity index (χ0v) is 14.6. The second-order valence-corrected chi connectivity index (χ2v) is 8.15. The first-order valence-corrected chi connectivity index (χ1v) is 8.09. The van der Waals surface area contributed by atoms with E-state index in [1.54, 1.807) is 17.7 Å². The average molecular weight is 347 g/mol. The molecule has 0 fully saturated rings. The molecule has 19 heavy (non-hydrogen) atoms. The molecule has 1 rings (SSSR count). The summed E-state index contributed by atoms with van der Waals surface area (Å²) in [6.07, 6.45) is 2.78. The highest BCUT2D eigenvalue weighted by molar-refractivity contribution is 9.10. The Labute approximate surface area is 128 Å². The summed E-state index contributed by atoms with van der Waals surface area (Å²) < 4.78 is 2.58. The molecule has 1 aromatic rings. The highest BCUT2D eigenvalue weighted by Gasteiger charge is 2.28. The monoisotopic (exact) mass is 346 g/mol. The van der Waals surface area contributed by atoms with E-state index < -0.39 is 0 Å². The number of halogens is 1. The fourth-order valence-corrected chi connectivity index (χ4v) is 3.17. The Morgan fingerprint density at radius 3 is 2.53 bits per heavy atom. The van der Waals surface area contributed by atoms with E-state index in [0.717, 1.165) is 16.5 Å². The topological polar surface area (TPSA) is 48.0 Å². The first-order valence-electron chi connectivity index (χ1n) is 6.42. The van der Waals surface area contributed by atoms with Crippen LogP contribution >= 0.6 is 27.9 Å². The average Bonchev–Trinajstić information content (AvgIpc) is 2.31. The first kappa shape index (κ1) is 16.8. The van der Waals surface area contributed by atoms with Gasteiger partial charge in [-0.2, -0.15) is 0 Å². The Kier molecular flexibility index (Phi) is 5.71. The third-order valence-corrected chi connectivity index (χ3v) is 4.91. The fourth-order valence-electron chi connectivity index (χ4n) is 2.18. The maximum Gasteiger partial charge on any atom is 0.250 e. The molecule has 0 aliphatic rings. The van der Waals surface area contributed by atoms with E-state index >= 15 is 0 Å². The molecule has 0 aromatic carbocycles. The summed E-state index contributed by atoms with van der Waals surface area (Å²) in [4.78, 5) is 11.9. The molecule has 1 atom stereocenters. The molecule has 3 nitrogen and oxygen atoms in total. The van der Waals surface area contributed by atoms with Crippen molar-refractivity contribution in [2.24, 2.45) is 18.1 Å². The molecule has 0 unspecified atom stereocenters. The normalized spacial score (nSPS) is 13.9. The molecule has 0 saturated heterocycles. The van der Waals surface area contributed by atoms with Crippen LogP contribution in [0.1, 0.15) is 45.6 Å². The molecule has 0 bridgehead atoms. The molecule has 2 N–H and O–H groups in total. The van der Waals surface area contributed by atoms with Gasteiger partial charge >= 0.3 is 0 Å². The van der Waals surface area contributed by atoms with Gasteiger partial charge in [0.15, 0.2) is 0 Å². The largest absolute Gasteiger partial charge is 0.317 e. The zero-order valence-electron chi connectivity index (χ0n) is 12.2. The van der Waals surface area contributed by atoms with Crippen molar-refractivity contribution in [2.75, 3.05) is 0 Å². The van der Waals surface area contributed by atoms with Gasteiger partial charge in [0.1, 0.15) is 0 Å². The number of nitrogens with zero attached hydrogens (tertiary/aromatic N) is 1. The van der Waals surface area contributed by atoms with Crippen LogP contribution in [0.2, 0.25) is 0 Å². The second kappa shape index (κ2) is 6.46. The molecule has 5 heteroatoms. The van der Waals surface area contributed by atoms with Crippen molar-refractivity contribution in [1.29, 1.82) is 0 Å². The Morgan fingerprint density at radius 2 is 2.05 bits per heavy atom. The predicted octanol–water partition coefficient (Wildman–Crippen LogP) is 3.66. The summed E-state index contributed by atoms with van der Waals surface area (Å²) in [6, 6.07) is 1.74. The van der Waals surface area contributed by atoms with Gasteiger partial charge in [0.05, 0.1) is 0 Å². The van der Waals surface area contributed by atoms with Crippen molar-refractivity contribution in [3.05, 3.63) is 32.7 Å². The standard InChI is InChI=1S/C14H23BrN2OS/c1-9(2)11(7-14(3,4)19-16)10-6-13(18)17(5)8-12(10)15/h6,8-9,11H,7,16H2,1-5H3/t11-/m0/s1. The minimum Gasteiger partial charge on any atom is -0.317 e. The molecule has 1 heterocycles. The van der Waals surface area contributed by atoms with E-state index in [4.69, 9.17) is 5.14 Å². The Bertz CT molecular complexity index is 497. The number of rotatable bonds is 5. The quantitative estimate of drug-likeness (QED) is 0.827. The van der Waals surface area contributed by atoms with E-state index in [1.165, 1.54) is 11.9 Å². The van der Waals surface area contributed by atoms with Crippen LogP contribution in [0.15, 0.2) is 21.5 Å². The van der Waals surface area contributed by atoms with E-state index in [0.29, 0.717) is 11.8 Å². The number of aryl methyl sites for hydroxylation is 1. The van der Waals surface area contributed by atoms with Crippen LogP contribution in [-0.4, -0.2) is 9.31 Å². The molecule has 0 aliphatic heterocycles. The number of hydrogen-bond donors (Lipinski definition) is 1. The maximum absolute atomic E-state index is 11.9. The molecular weight excluding hydrogens is 324 g/mol. The smallest absolute Gasteiger partial charge is 0.250 e. The molecule has 108 valence electrons. The van der Waals surface area contributed by atoms with Crippen molar-refractivity contribution in [2.45, 2.75) is 44.8 Å². The lowest BCUT2D eigenvalue weighted by Gasteiger charge is -2.31. The minimum absolute atomic E-state index is 0.00451. The van der Waals surface area contributed by atoms with Gasteiger partial charge in [-0.1, -0.05) is 25.8 Å². The first-order chi connectivity index (χ1) is 8.68. The van der Waals surface area contributed by atoms with E-state index in [2.05, 4.69) is 43.6 Å². The number of hydrogen-bond acceptors (Lipinski definition) is 3. The van der Waals surface area contributed by atoms with Gasteiger partial charge in [0.2, 0.25) is 0 Å². The van der Waals surface area contributed by atoms with Crippen LogP contribution in [-0.2, 0) is 7.05 Å². The number of aromatic nitrogens is 1. The molecule has 0 amide bonds. The zero-order chi connectivity index (χ0) is 14.8. The van der Waals surface area contributed by atoms with E-state index in [9.17, 15) is 4.79 Å². The molecule has 0 aliphatic carbocycles. The summed E-state index contributed by atoms with van der Waals surface area (Å²) in [6.45, 7) is 8.65. The summed E-state index contributed by atoms with van der Waals surface area (Å²) in [5.74, 6) is 0.768. The van der Waals surface area contributed by atoms with Crippen molar-refractivity contribution in [1.82, 2.24) is 4.57 Å². The van der Waals surface area contributed by atoms with Crippen LogP contribution in [0.4, 0.5) is 0 Å². The van der Waals surface area contributed by atoms with Gasteiger partial charge in [0, 0.05) is 28.5 Å². The second-order valence-electron chi connectivity index (χ2n) is 5.96. The van der Waals surface area contributed by atoms with Crippen molar-refractivity contribution in [3.8, 4) is 0 Å². The van der Waals surface area contributed by atoms with Crippen molar-refractivity contribution < 1.29 is 0 Å². The minimum atomic E-state index is -0.00451. The van der Waals surface area contributed by atoms with Gasteiger partial charge in [-0.05, 0) is 53.6 Å². The Hall–Kier alpha value is -0.260. The van der Waals surface area contributed by atoms with Crippen LogP contribution in [0.3, 0.4) is 0 Å². The predicted molar refractivity (Wildman–Crippen MR) is 87.4 cm³/mol.